The van der Waals surface area contributed by atoms with Gasteiger partial charge in [-0.3, -0.25) is 0 Å². The Hall–Kier alpha value is -1.60. The first-order chi connectivity index (χ1) is 10.3. The Morgan fingerprint density at radius 3 is 1.95 bits per heavy atom. The second-order valence-electron chi connectivity index (χ2n) is 6.30. The summed E-state index contributed by atoms with van der Waals surface area (Å²) in [6, 6.07) is 22.4. The summed E-state index contributed by atoms with van der Waals surface area (Å²) >= 11 is 0. The maximum absolute atomic E-state index is 3.83. The molecule has 21 heavy (non-hydrogen) atoms. The third-order valence-electron chi connectivity index (χ3n) is 4.85. The number of nitrogens with one attached hydrogen (secondary N) is 1. The van der Waals surface area contributed by atoms with Gasteiger partial charge in [-0.2, -0.15) is 0 Å². The monoisotopic (exact) mass is 279 g/mol. The van der Waals surface area contributed by atoms with Crippen LogP contribution in [0.2, 0.25) is 0 Å². The lowest BCUT2D eigenvalue weighted by Crippen LogP contribution is -2.34. The predicted octanol–water partition coefficient (Wildman–Crippen LogP) is 4.60. The first-order valence-electron chi connectivity index (χ1n) is 8.18. The van der Waals surface area contributed by atoms with E-state index in [4.69, 9.17) is 0 Å². The Morgan fingerprint density at radius 1 is 0.905 bits per heavy atom. The van der Waals surface area contributed by atoms with Gasteiger partial charge in [-0.05, 0) is 29.9 Å². The normalized spacial score (nSPS) is 21.8. The maximum atomic E-state index is 3.83. The molecule has 1 aliphatic rings. The quantitative estimate of drug-likeness (QED) is 0.843. The molecule has 1 heteroatoms. The summed E-state index contributed by atoms with van der Waals surface area (Å²) in [4.78, 5) is 0. The fourth-order valence-electron chi connectivity index (χ4n) is 3.52. The van der Waals surface area contributed by atoms with Crippen LogP contribution in [0.15, 0.2) is 60.7 Å². The molecule has 3 rings (SSSR count). The van der Waals surface area contributed by atoms with E-state index >= 15 is 0 Å². The number of rotatable bonds is 5. The lowest BCUT2D eigenvalue weighted by molar-refractivity contribution is 0.421. The molecule has 2 aromatic rings. The van der Waals surface area contributed by atoms with Crippen LogP contribution in [-0.2, 0) is 0 Å². The van der Waals surface area contributed by atoms with Gasteiger partial charge in [0.25, 0.3) is 0 Å². The molecule has 0 aromatic heterocycles. The van der Waals surface area contributed by atoms with Gasteiger partial charge < -0.3 is 5.32 Å². The highest BCUT2D eigenvalue weighted by Gasteiger charge is 2.24. The summed E-state index contributed by atoms with van der Waals surface area (Å²) in [6.45, 7) is 3.41. The van der Waals surface area contributed by atoms with E-state index in [0.717, 1.165) is 12.5 Å². The zero-order chi connectivity index (χ0) is 14.5. The summed E-state index contributed by atoms with van der Waals surface area (Å²) in [5, 5.41) is 3.83. The molecule has 1 nitrogen and oxygen atoms in total. The molecule has 0 aliphatic heterocycles. The number of hydrogen-bond donors (Lipinski definition) is 1. The second-order valence-corrected chi connectivity index (χ2v) is 6.30. The van der Waals surface area contributed by atoms with Crippen LogP contribution < -0.4 is 5.32 Å². The first kappa shape index (κ1) is 14.3. The van der Waals surface area contributed by atoms with Crippen LogP contribution in [0.4, 0.5) is 0 Å². The minimum Gasteiger partial charge on any atom is -0.313 e. The zero-order valence-electron chi connectivity index (χ0n) is 12.8. The fraction of sp³-hybridized carbons (Fsp3) is 0.400. The predicted molar refractivity (Wildman–Crippen MR) is 89.5 cm³/mol. The molecule has 110 valence electrons. The number of hydrogen-bond acceptors (Lipinski definition) is 1. The fourth-order valence-corrected chi connectivity index (χ4v) is 3.52. The van der Waals surface area contributed by atoms with Crippen molar-refractivity contribution in [1.29, 1.82) is 0 Å². The minimum absolute atomic E-state index is 0.445. The van der Waals surface area contributed by atoms with Crippen molar-refractivity contribution in [1.82, 2.24) is 5.32 Å². The molecular weight excluding hydrogens is 254 g/mol. The van der Waals surface area contributed by atoms with Gasteiger partial charge in [0.15, 0.2) is 0 Å². The third-order valence-corrected chi connectivity index (χ3v) is 4.85. The summed E-state index contributed by atoms with van der Waals surface area (Å²) < 4.78 is 0. The molecule has 2 aromatic carbocycles. The lowest BCUT2D eigenvalue weighted by Gasteiger charge is -2.23. The van der Waals surface area contributed by atoms with E-state index in [1.54, 1.807) is 0 Å². The Kier molecular flexibility index (Phi) is 4.72. The lowest BCUT2D eigenvalue weighted by atomic mass is 9.90. The van der Waals surface area contributed by atoms with Crippen LogP contribution in [0.3, 0.4) is 0 Å². The average Bonchev–Trinajstić information content (AvgIpc) is 2.95. The van der Waals surface area contributed by atoms with Gasteiger partial charge in [0, 0.05) is 18.5 Å². The van der Waals surface area contributed by atoms with Crippen LogP contribution in [0, 0.1) is 5.92 Å². The van der Waals surface area contributed by atoms with Crippen molar-refractivity contribution < 1.29 is 0 Å². The molecule has 0 heterocycles. The van der Waals surface area contributed by atoms with Crippen LogP contribution in [-0.4, -0.2) is 12.6 Å². The molecule has 1 saturated carbocycles. The Labute approximate surface area is 128 Å². The van der Waals surface area contributed by atoms with Crippen LogP contribution in [0.5, 0.6) is 0 Å². The van der Waals surface area contributed by atoms with E-state index in [1.807, 2.05) is 0 Å². The molecule has 2 unspecified atom stereocenters. The van der Waals surface area contributed by atoms with Crippen molar-refractivity contribution in [3.8, 4) is 0 Å². The smallest absolute Gasteiger partial charge is 0.0214 e. The van der Waals surface area contributed by atoms with Crippen molar-refractivity contribution >= 4 is 0 Å². The highest BCUT2D eigenvalue weighted by Crippen LogP contribution is 2.28. The van der Waals surface area contributed by atoms with Gasteiger partial charge >= 0.3 is 0 Å². The third kappa shape index (κ3) is 3.54. The first-order valence-corrected chi connectivity index (χ1v) is 8.18. The van der Waals surface area contributed by atoms with Crippen molar-refractivity contribution in [2.45, 2.75) is 38.1 Å². The standard InChI is InChI=1S/C20H25N/c1-16-9-8-14-20(16)21-15-19(17-10-4-2-5-11-17)18-12-6-3-7-13-18/h2-7,10-13,16,19-21H,8-9,14-15H2,1H3. The van der Waals surface area contributed by atoms with E-state index in [2.05, 4.69) is 72.9 Å². The summed E-state index contributed by atoms with van der Waals surface area (Å²) in [6.07, 6.45) is 4.08. The van der Waals surface area contributed by atoms with Gasteiger partial charge in [0.05, 0.1) is 0 Å². The van der Waals surface area contributed by atoms with Crippen LogP contribution in [0.1, 0.15) is 43.2 Å². The molecule has 0 saturated heterocycles. The summed E-state index contributed by atoms with van der Waals surface area (Å²) in [5.74, 6) is 1.26. The van der Waals surface area contributed by atoms with Crippen molar-refractivity contribution in [3.63, 3.8) is 0 Å². The molecule has 1 fully saturated rings. The van der Waals surface area contributed by atoms with Gasteiger partial charge in [-0.25, -0.2) is 0 Å². The van der Waals surface area contributed by atoms with Gasteiger partial charge in [0.2, 0.25) is 0 Å². The molecule has 0 spiro atoms. The highest BCUT2D eigenvalue weighted by atomic mass is 14.9. The topological polar surface area (TPSA) is 12.0 Å². The van der Waals surface area contributed by atoms with E-state index in [9.17, 15) is 0 Å². The van der Waals surface area contributed by atoms with Gasteiger partial charge in [-0.15, -0.1) is 0 Å². The van der Waals surface area contributed by atoms with Crippen LogP contribution >= 0.6 is 0 Å². The van der Waals surface area contributed by atoms with Crippen molar-refractivity contribution in [2.75, 3.05) is 6.54 Å². The molecule has 0 amide bonds. The van der Waals surface area contributed by atoms with E-state index < -0.39 is 0 Å². The van der Waals surface area contributed by atoms with E-state index in [-0.39, 0.29) is 0 Å². The van der Waals surface area contributed by atoms with Gasteiger partial charge in [0.1, 0.15) is 0 Å². The molecule has 2 atom stereocenters. The minimum atomic E-state index is 0.445. The molecule has 1 aliphatic carbocycles. The number of benzene rings is 2. The molecule has 0 bridgehead atoms. The second kappa shape index (κ2) is 6.91. The zero-order valence-corrected chi connectivity index (χ0v) is 12.8. The molecular formula is C20H25N. The SMILES string of the molecule is CC1CCCC1NCC(c1ccccc1)c1ccccc1. The Morgan fingerprint density at radius 2 is 1.48 bits per heavy atom. The Bertz CT molecular complexity index is 495. The average molecular weight is 279 g/mol. The summed E-state index contributed by atoms with van der Waals surface area (Å²) in [7, 11) is 0. The molecule has 0 radical (unpaired) electrons. The van der Waals surface area contributed by atoms with Crippen LogP contribution in [0.25, 0.3) is 0 Å². The van der Waals surface area contributed by atoms with Crippen molar-refractivity contribution in [2.24, 2.45) is 5.92 Å². The maximum Gasteiger partial charge on any atom is 0.0214 e. The van der Waals surface area contributed by atoms with Gasteiger partial charge in [-0.1, -0.05) is 74.0 Å². The summed E-state index contributed by atoms with van der Waals surface area (Å²) in [5.41, 5.74) is 2.81. The van der Waals surface area contributed by atoms with E-state index in [1.165, 1.54) is 30.4 Å². The molecule has 1 N–H and O–H groups in total. The van der Waals surface area contributed by atoms with E-state index in [0.29, 0.717) is 12.0 Å². The largest absolute Gasteiger partial charge is 0.313 e. The highest BCUT2D eigenvalue weighted by molar-refractivity contribution is 5.32. The Balaban J connectivity index is 1.76. The van der Waals surface area contributed by atoms with Crippen molar-refractivity contribution in [3.05, 3.63) is 71.8 Å².